The first-order valence-electron chi connectivity index (χ1n) is 8.82. The molecule has 2 aromatic rings. The van der Waals surface area contributed by atoms with Crippen LogP contribution in [-0.2, 0) is 0 Å². The predicted octanol–water partition coefficient (Wildman–Crippen LogP) is 2.00. The number of hydrogen-bond acceptors (Lipinski definition) is 4. The lowest BCUT2D eigenvalue weighted by molar-refractivity contribution is 0.0773. The van der Waals surface area contributed by atoms with E-state index in [1.165, 1.54) is 0 Å². The molecule has 2 fully saturated rings. The van der Waals surface area contributed by atoms with Crippen molar-refractivity contribution in [2.45, 2.75) is 25.8 Å². The zero-order chi connectivity index (χ0) is 17.6. The van der Waals surface area contributed by atoms with Crippen LogP contribution in [0.2, 0.25) is 0 Å². The fourth-order valence-electron chi connectivity index (χ4n) is 4.19. The topological polar surface area (TPSA) is 73.4 Å². The molecular weight excluding hydrogens is 316 g/mol. The molecule has 3 atom stereocenters. The summed E-state index contributed by atoms with van der Waals surface area (Å²) < 4.78 is 7.13. The number of benzene rings is 1. The number of aryl methyl sites for hydroxylation is 1. The number of rotatable bonds is 3. The lowest BCUT2D eigenvalue weighted by Crippen LogP contribution is -2.33. The van der Waals surface area contributed by atoms with Crippen molar-refractivity contribution >= 4 is 5.91 Å². The van der Waals surface area contributed by atoms with Crippen LogP contribution in [0, 0.1) is 18.8 Å². The standard InChI is InChI=1S/C19H24N4O2/c1-12-3-6-18(25-2)17(9-12)23-8-7-16(21-23)19(24)22-10-13-4-5-15(20)14(13)11-22/h3,6-9,13-15H,4-5,10-11,20H2,1-2H3. The van der Waals surface area contributed by atoms with E-state index in [1.807, 2.05) is 36.2 Å². The van der Waals surface area contributed by atoms with Gasteiger partial charge in [-0.1, -0.05) is 6.07 Å². The molecule has 1 aliphatic carbocycles. The molecule has 0 spiro atoms. The number of amides is 1. The highest BCUT2D eigenvalue weighted by Gasteiger charge is 2.42. The molecule has 2 heterocycles. The van der Waals surface area contributed by atoms with E-state index in [9.17, 15) is 4.79 Å². The van der Waals surface area contributed by atoms with Crippen molar-refractivity contribution in [3.63, 3.8) is 0 Å². The summed E-state index contributed by atoms with van der Waals surface area (Å²) in [7, 11) is 1.63. The molecule has 1 aromatic heterocycles. The maximum atomic E-state index is 12.8. The zero-order valence-electron chi connectivity index (χ0n) is 14.7. The first-order chi connectivity index (χ1) is 12.1. The third kappa shape index (κ3) is 2.80. The Morgan fingerprint density at radius 3 is 2.88 bits per heavy atom. The van der Waals surface area contributed by atoms with Gasteiger partial charge in [-0.25, -0.2) is 4.68 Å². The number of likely N-dealkylation sites (tertiary alicyclic amines) is 1. The number of fused-ring (bicyclic) bond motifs is 1. The summed E-state index contributed by atoms with van der Waals surface area (Å²) in [5, 5.41) is 4.50. The van der Waals surface area contributed by atoms with Gasteiger partial charge in [0.05, 0.1) is 7.11 Å². The lowest BCUT2D eigenvalue weighted by Gasteiger charge is -2.17. The van der Waals surface area contributed by atoms with Crippen LogP contribution in [0.15, 0.2) is 30.5 Å². The molecule has 1 aliphatic heterocycles. The zero-order valence-corrected chi connectivity index (χ0v) is 14.7. The fraction of sp³-hybridized carbons (Fsp3) is 0.474. The molecule has 2 aliphatic rings. The minimum Gasteiger partial charge on any atom is -0.494 e. The van der Waals surface area contributed by atoms with E-state index in [0.29, 0.717) is 17.5 Å². The van der Waals surface area contributed by atoms with E-state index in [-0.39, 0.29) is 11.9 Å². The van der Waals surface area contributed by atoms with E-state index in [4.69, 9.17) is 10.5 Å². The summed E-state index contributed by atoms with van der Waals surface area (Å²) in [6.45, 7) is 3.58. The third-order valence-electron chi connectivity index (χ3n) is 5.59. The number of aromatic nitrogens is 2. The van der Waals surface area contributed by atoms with Crippen LogP contribution in [0.1, 0.15) is 28.9 Å². The van der Waals surface area contributed by atoms with Gasteiger partial charge in [-0.05, 0) is 55.4 Å². The van der Waals surface area contributed by atoms with Crippen LogP contribution in [0.5, 0.6) is 5.75 Å². The molecule has 25 heavy (non-hydrogen) atoms. The highest BCUT2D eigenvalue weighted by Crippen LogP contribution is 2.37. The molecule has 1 saturated heterocycles. The van der Waals surface area contributed by atoms with E-state index in [0.717, 1.165) is 42.9 Å². The quantitative estimate of drug-likeness (QED) is 0.927. The molecule has 6 heteroatoms. The van der Waals surface area contributed by atoms with Crippen LogP contribution in [0.3, 0.4) is 0 Å². The maximum Gasteiger partial charge on any atom is 0.274 e. The van der Waals surface area contributed by atoms with Gasteiger partial charge in [-0.15, -0.1) is 0 Å². The van der Waals surface area contributed by atoms with E-state index in [1.54, 1.807) is 17.9 Å². The molecule has 1 saturated carbocycles. The predicted molar refractivity (Wildman–Crippen MR) is 94.9 cm³/mol. The molecule has 4 rings (SSSR count). The Balaban J connectivity index is 1.56. The maximum absolute atomic E-state index is 12.8. The van der Waals surface area contributed by atoms with Gasteiger partial charge in [0.15, 0.2) is 5.69 Å². The van der Waals surface area contributed by atoms with Gasteiger partial charge in [0.25, 0.3) is 5.91 Å². The minimum atomic E-state index is -0.00744. The highest BCUT2D eigenvalue weighted by atomic mass is 16.5. The largest absolute Gasteiger partial charge is 0.494 e. The molecule has 1 aromatic carbocycles. The monoisotopic (exact) mass is 340 g/mol. The first kappa shape index (κ1) is 16.1. The molecule has 3 unspecified atom stereocenters. The van der Waals surface area contributed by atoms with Gasteiger partial charge in [-0.3, -0.25) is 4.79 Å². The summed E-state index contributed by atoms with van der Waals surface area (Å²) in [4.78, 5) is 14.7. The summed E-state index contributed by atoms with van der Waals surface area (Å²) in [6, 6.07) is 7.91. The van der Waals surface area contributed by atoms with Crippen molar-refractivity contribution < 1.29 is 9.53 Å². The second kappa shape index (κ2) is 6.19. The molecule has 132 valence electrons. The van der Waals surface area contributed by atoms with Gasteiger partial charge in [0.1, 0.15) is 11.4 Å². The lowest BCUT2D eigenvalue weighted by atomic mass is 9.98. The number of ether oxygens (including phenoxy) is 1. The number of nitrogens with two attached hydrogens (primary N) is 1. The van der Waals surface area contributed by atoms with Crippen molar-refractivity contribution in [3.8, 4) is 11.4 Å². The Hall–Kier alpha value is -2.34. The van der Waals surface area contributed by atoms with E-state index < -0.39 is 0 Å². The summed E-state index contributed by atoms with van der Waals surface area (Å²) in [5.74, 6) is 1.72. The number of carbonyl (C=O) groups is 1. The van der Waals surface area contributed by atoms with Crippen molar-refractivity contribution in [3.05, 3.63) is 41.7 Å². The van der Waals surface area contributed by atoms with Gasteiger partial charge in [-0.2, -0.15) is 5.10 Å². The van der Waals surface area contributed by atoms with Crippen molar-refractivity contribution in [2.75, 3.05) is 20.2 Å². The third-order valence-corrected chi connectivity index (χ3v) is 5.59. The number of methoxy groups -OCH3 is 1. The van der Waals surface area contributed by atoms with Crippen LogP contribution in [0.25, 0.3) is 5.69 Å². The Morgan fingerprint density at radius 2 is 2.12 bits per heavy atom. The molecule has 0 radical (unpaired) electrons. The first-order valence-corrected chi connectivity index (χ1v) is 8.82. The van der Waals surface area contributed by atoms with Crippen LogP contribution in [-0.4, -0.2) is 46.8 Å². The molecule has 2 N–H and O–H groups in total. The Labute approximate surface area is 147 Å². The fourth-order valence-corrected chi connectivity index (χ4v) is 4.19. The van der Waals surface area contributed by atoms with Crippen LogP contribution < -0.4 is 10.5 Å². The second-order valence-electron chi connectivity index (χ2n) is 7.20. The number of hydrogen-bond donors (Lipinski definition) is 1. The Bertz CT molecular complexity index is 800. The summed E-state index contributed by atoms with van der Waals surface area (Å²) in [6.07, 6.45) is 4.02. The van der Waals surface area contributed by atoms with E-state index >= 15 is 0 Å². The van der Waals surface area contributed by atoms with Gasteiger partial charge in [0.2, 0.25) is 0 Å². The van der Waals surface area contributed by atoms with Crippen molar-refractivity contribution in [1.82, 2.24) is 14.7 Å². The Kier molecular flexibility index (Phi) is 4.00. The number of nitrogens with zero attached hydrogens (tertiary/aromatic N) is 3. The SMILES string of the molecule is COc1ccc(C)cc1-n1ccc(C(=O)N2CC3CCC(N)C3C2)n1. The normalized spacial score (nSPS) is 25.2. The van der Waals surface area contributed by atoms with Gasteiger partial charge < -0.3 is 15.4 Å². The van der Waals surface area contributed by atoms with E-state index in [2.05, 4.69) is 5.10 Å². The molecule has 0 bridgehead atoms. The molecule has 1 amide bonds. The van der Waals surface area contributed by atoms with Gasteiger partial charge in [0, 0.05) is 25.3 Å². The second-order valence-corrected chi connectivity index (χ2v) is 7.20. The van der Waals surface area contributed by atoms with Crippen molar-refractivity contribution in [1.29, 1.82) is 0 Å². The summed E-state index contributed by atoms with van der Waals surface area (Å²) >= 11 is 0. The minimum absolute atomic E-state index is 0.00744. The molecular formula is C19H24N4O2. The smallest absolute Gasteiger partial charge is 0.274 e. The highest BCUT2D eigenvalue weighted by molar-refractivity contribution is 5.92. The molecule has 6 nitrogen and oxygen atoms in total. The Morgan fingerprint density at radius 1 is 1.28 bits per heavy atom. The summed E-state index contributed by atoms with van der Waals surface area (Å²) in [5.41, 5.74) is 8.59. The van der Waals surface area contributed by atoms with Crippen LogP contribution >= 0.6 is 0 Å². The average Bonchev–Trinajstić information content (AvgIpc) is 3.32. The van der Waals surface area contributed by atoms with Crippen LogP contribution in [0.4, 0.5) is 0 Å². The number of carbonyl (C=O) groups excluding carboxylic acids is 1. The van der Waals surface area contributed by atoms with Gasteiger partial charge >= 0.3 is 0 Å². The van der Waals surface area contributed by atoms with Crippen molar-refractivity contribution in [2.24, 2.45) is 17.6 Å². The average molecular weight is 340 g/mol.